The van der Waals surface area contributed by atoms with Crippen molar-refractivity contribution in [3.05, 3.63) is 24.2 Å². The van der Waals surface area contributed by atoms with E-state index >= 15 is 0 Å². The number of methoxy groups -OCH3 is 1. The SMILES string of the molecule is COCCC1COC2(C1)CN(C(=O)c1ccoc1)C2. The molecule has 0 radical (unpaired) electrons. The molecular formula is C14H19NO4. The normalized spacial score (nSPS) is 24.7. The molecule has 0 saturated carbocycles. The van der Waals surface area contributed by atoms with E-state index in [-0.39, 0.29) is 11.5 Å². The van der Waals surface area contributed by atoms with Crippen molar-refractivity contribution in [2.45, 2.75) is 18.4 Å². The fraction of sp³-hybridized carbons (Fsp3) is 0.643. The topological polar surface area (TPSA) is 51.9 Å². The van der Waals surface area contributed by atoms with Crippen LogP contribution in [0, 0.1) is 5.92 Å². The lowest BCUT2D eigenvalue weighted by Crippen LogP contribution is -2.63. The summed E-state index contributed by atoms with van der Waals surface area (Å²) in [5.74, 6) is 0.592. The first kappa shape index (κ1) is 12.7. The highest BCUT2D eigenvalue weighted by atomic mass is 16.5. The molecule has 1 aromatic rings. The molecule has 104 valence electrons. The van der Waals surface area contributed by atoms with E-state index in [0.29, 0.717) is 24.6 Å². The van der Waals surface area contributed by atoms with Crippen LogP contribution in [0.5, 0.6) is 0 Å². The van der Waals surface area contributed by atoms with Crippen LogP contribution < -0.4 is 0 Å². The van der Waals surface area contributed by atoms with Crippen LogP contribution in [0.3, 0.4) is 0 Å². The third-order valence-electron chi connectivity index (χ3n) is 4.03. The summed E-state index contributed by atoms with van der Waals surface area (Å²) in [5.41, 5.74) is 0.515. The fourth-order valence-electron chi connectivity index (χ4n) is 2.99. The summed E-state index contributed by atoms with van der Waals surface area (Å²) in [4.78, 5) is 13.9. The Morgan fingerprint density at radius 1 is 1.58 bits per heavy atom. The summed E-state index contributed by atoms with van der Waals surface area (Å²) in [6.07, 6.45) is 5.08. The number of likely N-dealkylation sites (tertiary alicyclic amines) is 1. The van der Waals surface area contributed by atoms with Crippen LogP contribution in [0.4, 0.5) is 0 Å². The van der Waals surface area contributed by atoms with Gasteiger partial charge in [-0.15, -0.1) is 0 Å². The van der Waals surface area contributed by atoms with E-state index in [9.17, 15) is 4.79 Å². The molecule has 0 N–H and O–H groups in total. The number of rotatable bonds is 4. The van der Waals surface area contributed by atoms with Crippen molar-refractivity contribution in [3.8, 4) is 0 Å². The van der Waals surface area contributed by atoms with Gasteiger partial charge in [0.15, 0.2) is 0 Å². The second kappa shape index (κ2) is 4.98. The molecule has 3 heterocycles. The van der Waals surface area contributed by atoms with Gasteiger partial charge in [-0.3, -0.25) is 4.79 Å². The molecule has 0 aliphatic carbocycles. The maximum atomic E-state index is 12.1. The van der Waals surface area contributed by atoms with Crippen LogP contribution in [-0.2, 0) is 9.47 Å². The van der Waals surface area contributed by atoms with E-state index in [1.165, 1.54) is 12.5 Å². The quantitative estimate of drug-likeness (QED) is 0.828. The Bertz CT molecular complexity index is 436. The van der Waals surface area contributed by atoms with Gasteiger partial charge in [-0.1, -0.05) is 0 Å². The summed E-state index contributed by atoms with van der Waals surface area (Å²) >= 11 is 0. The molecule has 1 aromatic heterocycles. The molecule has 0 bridgehead atoms. The molecule has 1 amide bonds. The van der Waals surface area contributed by atoms with E-state index in [1.807, 2.05) is 4.90 Å². The molecule has 1 atom stereocenters. The summed E-state index contributed by atoms with van der Waals surface area (Å²) in [6, 6.07) is 1.70. The molecule has 19 heavy (non-hydrogen) atoms. The summed E-state index contributed by atoms with van der Waals surface area (Å²) < 4.78 is 16.0. The van der Waals surface area contributed by atoms with Crippen molar-refractivity contribution >= 4 is 5.91 Å². The second-order valence-corrected chi connectivity index (χ2v) is 5.52. The number of carbonyl (C=O) groups is 1. The van der Waals surface area contributed by atoms with Gasteiger partial charge < -0.3 is 18.8 Å². The Kier molecular flexibility index (Phi) is 3.33. The van der Waals surface area contributed by atoms with Crippen LogP contribution in [0.2, 0.25) is 0 Å². The minimum absolute atomic E-state index is 0.0308. The zero-order chi connectivity index (χ0) is 13.3. The Labute approximate surface area is 112 Å². The van der Waals surface area contributed by atoms with E-state index in [0.717, 1.165) is 26.1 Å². The second-order valence-electron chi connectivity index (χ2n) is 5.52. The molecule has 5 nitrogen and oxygen atoms in total. The lowest BCUT2D eigenvalue weighted by Gasteiger charge is -2.47. The van der Waals surface area contributed by atoms with E-state index in [1.54, 1.807) is 13.2 Å². The van der Waals surface area contributed by atoms with Gasteiger partial charge in [0.25, 0.3) is 5.91 Å². The summed E-state index contributed by atoms with van der Waals surface area (Å²) in [7, 11) is 1.72. The minimum Gasteiger partial charge on any atom is -0.472 e. The molecule has 2 aliphatic rings. The number of amides is 1. The average Bonchev–Trinajstić information content (AvgIpc) is 3.03. The number of furan rings is 1. The maximum absolute atomic E-state index is 12.1. The largest absolute Gasteiger partial charge is 0.472 e. The molecule has 2 aliphatic heterocycles. The summed E-state index contributed by atoms with van der Waals surface area (Å²) in [6.45, 7) is 2.96. The molecular weight excluding hydrogens is 246 g/mol. The van der Waals surface area contributed by atoms with Crippen molar-refractivity contribution < 1.29 is 18.7 Å². The van der Waals surface area contributed by atoms with Crippen molar-refractivity contribution in [2.24, 2.45) is 5.92 Å². The van der Waals surface area contributed by atoms with Gasteiger partial charge in [-0.05, 0) is 24.8 Å². The van der Waals surface area contributed by atoms with E-state index in [2.05, 4.69) is 0 Å². The summed E-state index contributed by atoms with van der Waals surface area (Å²) in [5, 5.41) is 0. The minimum atomic E-state index is -0.0994. The first-order chi connectivity index (χ1) is 9.22. The predicted octanol–water partition coefficient (Wildman–Crippen LogP) is 1.55. The van der Waals surface area contributed by atoms with Crippen LogP contribution in [0.25, 0.3) is 0 Å². The zero-order valence-electron chi connectivity index (χ0n) is 11.1. The van der Waals surface area contributed by atoms with Crippen molar-refractivity contribution in [1.82, 2.24) is 4.90 Å². The van der Waals surface area contributed by atoms with E-state index < -0.39 is 0 Å². The number of hydrogen-bond donors (Lipinski definition) is 0. The lowest BCUT2D eigenvalue weighted by molar-refractivity contribution is -0.0950. The number of ether oxygens (including phenoxy) is 2. The molecule has 2 saturated heterocycles. The molecule has 1 spiro atoms. The van der Waals surface area contributed by atoms with Gasteiger partial charge in [0.2, 0.25) is 0 Å². The Morgan fingerprint density at radius 3 is 3.11 bits per heavy atom. The highest BCUT2D eigenvalue weighted by Gasteiger charge is 2.51. The van der Waals surface area contributed by atoms with Crippen molar-refractivity contribution in [2.75, 3.05) is 33.4 Å². The fourth-order valence-corrected chi connectivity index (χ4v) is 2.99. The Balaban J connectivity index is 1.51. The van der Waals surface area contributed by atoms with Crippen LogP contribution in [-0.4, -0.2) is 49.8 Å². The van der Waals surface area contributed by atoms with Crippen LogP contribution >= 0.6 is 0 Å². The molecule has 2 fully saturated rings. The first-order valence-electron chi connectivity index (χ1n) is 6.67. The Morgan fingerprint density at radius 2 is 2.42 bits per heavy atom. The van der Waals surface area contributed by atoms with Gasteiger partial charge in [0.05, 0.1) is 31.5 Å². The first-order valence-corrected chi connectivity index (χ1v) is 6.67. The van der Waals surface area contributed by atoms with Crippen LogP contribution in [0.1, 0.15) is 23.2 Å². The maximum Gasteiger partial charge on any atom is 0.257 e. The average molecular weight is 265 g/mol. The smallest absolute Gasteiger partial charge is 0.257 e. The Hall–Kier alpha value is -1.33. The van der Waals surface area contributed by atoms with Gasteiger partial charge in [-0.25, -0.2) is 0 Å². The monoisotopic (exact) mass is 265 g/mol. The third-order valence-corrected chi connectivity index (χ3v) is 4.03. The molecule has 3 rings (SSSR count). The molecule has 0 aromatic carbocycles. The highest BCUT2D eigenvalue weighted by Crippen LogP contribution is 2.39. The number of hydrogen-bond acceptors (Lipinski definition) is 4. The molecule has 5 heteroatoms. The van der Waals surface area contributed by atoms with Crippen molar-refractivity contribution in [3.63, 3.8) is 0 Å². The van der Waals surface area contributed by atoms with Crippen LogP contribution in [0.15, 0.2) is 23.0 Å². The predicted molar refractivity (Wildman–Crippen MR) is 67.9 cm³/mol. The van der Waals surface area contributed by atoms with Gasteiger partial charge in [0, 0.05) is 13.7 Å². The number of carbonyl (C=O) groups excluding carboxylic acids is 1. The molecule has 1 unspecified atom stereocenters. The van der Waals surface area contributed by atoms with Gasteiger partial charge in [0.1, 0.15) is 11.9 Å². The van der Waals surface area contributed by atoms with Crippen molar-refractivity contribution in [1.29, 1.82) is 0 Å². The lowest BCUT2D eigenvalue weighted by atomic mass is 9.86. The van der Waals surface area contributed by atoms with E-state index in [4.69, 9.17) is 13.9 Å². The zero-order valence-corrected chi connectivity index (χ0v) is 11.1. The number of nitrogens with zero attached hydrogens (tertiary/aromatic N) is 1. The third kappa shape index (κ3) is 2.40. The van der Waals surface area contributed by atoms with Gasteiger partial charge in [-0.2, -0.15) is 0 Å². The standard InChI is InChI=1S/C14H19NO4/c1-17-4-2-11-6-14(19-7-11)9-15(10-14)13(16)12-3-5-18-8-12/h3,5,8,11H,2,4,6-7,9-10H2,1H3. The highest BCUT2D eigenvalue weighted by molar-refractivity contribution is 5.94. The van der Waals surface area contributed by atoms with Gasteiger partial charge >= 0.3 is 0 Å².